The van der Waals surface area contributed by atoms with Gasteiger partial charge in [-0.1, -0.05) is 23.8 Å². The fourth-order valence-electron chi connectivity index (χ4n) is 1.96. The van der Waals surface area contributed by atoms with Gasteiger partial charge in [-0.3, -0.25) is 0 Å². The zero-order valence-corrected chi connectivity index (χ0v) is 9.93. The fraction of sp³-hybridized carbons (Fsp3) is 0.455. The highest BCUT2D eigenvalue weighted by Gasteiger charge is 2.20. The predicted molar refractivity (Wildman–Crippen MR) is 62.1 cm³/mol. The van der Waals surface area contributed by atoms with E-state index in [1.54, 1.807) is 4.31 Å². The van der Waals surface area contributed by atoms with Crippen LogP contribution in [0.15, 0.2) is 18.2 Å². The van der Waals surface area contributed by atoms with Crippen LogP contribution in [0, 0.1) is 11.7 Å². The maximum atomic E-state index is 11.6. The van der Waals surface area contributed by atoms with Crippen LogP contribution in [0.5, 0.6) is 0 Å². The number of hydrogen-bond acceptors (Lipinski definition) is 2. The Labute approximate surface area is 91.2 Å². The number of benzene rings is 1. The summed E-state index contributed by atoms with van der Waals surface area (Å²) in [5.74, 6) is 0. The summed E-state index contributed by atoms with van der Waals surface area (Å²) in [6.45, 7) is 3.44. The molecular formula is C11H16N2OS. The standard InChI is InChI=1S/C11H16N2OS/c1-9-3-4-10-5-6-13(15(2,12)14)8-11(10)7-9/h3-4,7,12H,5-6,8H2,1-2H3. The largest absolute Gasteiger partial charge is 0.240 e. The lowest BCUT2D eigenvalue weighted by molar-refractivity contribution is 0.416. The molecule has 4 heteroatoms. The molecule has 3 nitrogen and oxygen atoms in total. The Morgan fingerprint density at radius 3 is 2.80 bits per heavy atom. The van der Waals surface area contributed by atoms with Gasteiger partial charge < -0.3 is 0 Å². The molecule has 0 saturated heterocycles. The van der Waals surface area contributed by atoms with Gasteiger partial charge in [0.15, 0.2) is 0 Å². The van der Waals surface area contributed by atoms with Gasteiger partial charge in [-0.2, -0.15) is 0 Å². The van der Waals surface area contributed by atoms with Crippen molar-refractivity contribution in [3.63, 3.8) is 0 Å². The van der Waals surface area contributed by atoms with Crippen molar-refractivity contribution in [3.8, 4) is 0 Å². The van der Waals surface area contributed by atoms with Gasteiger partial charge in [0, 0.05) is 19.3 Å². The van der Waals surface area contributed by atoms with E-state index < -0.39 is 9.92 Å². The van der Waals surface area contributed by atoms with Crippen LogP contribution in [0.4, 0.5) is 0 Å². The zero-order chi connectivity index (χ0) is 11.1. The van der Waals surface area contributed by atoms with E-state index in [1.807, 2.05) is 0 Å². The van der Waals surface area contributed by atoms with Crippen molar-refractivity contribution in [3.05, 3.63) is 34.9 Å². The van der Waals surface area contributed by atoms with E-state index in [1.165, 1.54) is 22.9 Å². The van der Waals surface area contributed by atoms with Gasteiger partial charge in [-0.05, 0) is 24.5 Å². The van der Waals surface area contributed by atoms with Crippen LogP contribution < -0.4 is 0 Å². The van der Waals surface area contributed by atoms with Gasteiger partial charge in [0.25, 0.3) is 0 Å². The topological polar surface area (TPSA) is 44.2 Å². The third kappa shape index (κ3) is 2.21. The summed E-state index contributed by atoms with van der Waals surface area (Å²) in [5, 5.41) is 0. The highest BCUT2D eigenvalue weighted by atomic mass is 32.2. The molecule has 0 aromatic heterocycles. The molecule has 1 heterocycles. The van der Waals surface area contributed by atoms with Crippen LogP contribution in [0.3, 0.4) is 0 Å². The summed E-state index contributed by atoms with van der Waals surface area (Å²) >= 11 is 0. The SMILES string of the molecule is Cc1ccc2c(c1)CN(S(C)(=N)=O)CC2. The molecule has 0 spiro atoms. The normalized spacial score (nSPS) is 20.7. The first-order chi connectivity index (χ1) is 6.97. The molecule has 1 atom stereocenters. The van der Waals surface area contributed by atoms with E-state index in [2.05, 4.69) is 25.1 Å². The summed E-state index contributed by atoms with van der Waals surface area (Å²) < 4.78 is 21.0. The third-order valence-electron chi connectivity index (χ3n) is 2.83. The lowest BCUT2D eigenvalue weighted by atomic mass is 9.99. The smallest absolute Gasteiger partial charge is 0.105 e. The minimum Gasteiger partial charge on any atom is -0.240 e. The Hall–Kier alpha value is -0.870. The van der Waals surface area contributed by atoms with E-state index >= 15 is 0 Å². The van der Waals surface area contributed by atoms with Crippen molar-refractivity contribution < 1.29 is 4.21 Å². The molecule has 15 heavy (non-hydrogen) atoms. The van der Waals surface area contributed by atoms with E-state index in [0.29, 0.717) is 6.54 Å². The van der Waals surface area contributed by atoms with E-state index in [4.69, 9.17) is 4.78 Å². The molecule has 1 N–H and O–H groups in total. The summed E-state index contributed by atoms with van der Waals surface area (Å²) in [7, 11) is -2.55. The molecule has 1 aliphatic rings. The van der Waals surface area contributed by atoms with Crippen molar-refractivity contribution in [2.24, 2.45) is 0 Å². The molecular weight excluding hydrogens is 208 g/mol. The molecule has 0 aliphatic carbocycles. The van der Waals surface area contributed by atoms with Crippen LogP contribution >= 0.6 is 0 Å². The Balaban J connectivity index is 2.34. The zero-order valence-electron chi connectivity index (χ0n) is 9.12. The highest BCUT2D eigenvalue weighted by molar-refractivity contribution is 7.89. The van der Waals surface area contributed by atoms with Crippen LogP contribution in [0.25, 0.3) is 0 Å². The first kappa shape index (κ1) is 10.6. The molecule has 1 aromatic rings. The average molecular weight is 224 g/mol. The van der Waals surface area contributed by atoms with Crippen LogP contribution in [0.1, 0.15) is 16.7 Å². The number of rotatable bonds is 1. The number of aryl methyl sites for hydroxylation is 1. The van der Waals surface area contributed by atoms with Crippen molar-refractivity contribution in [1.82, 2.24) is 4.31 Å². The molecule has 1 aromatic carbocycles. The first-order valence-electron chi connectivity index (χ1n) is 5.04. The van der Waals surface area contributed by atoms with E-state index in [9.17, 15) is 4.21 Å². The average Bonchev–Trinajstić information content (AvgIpc) is 2.15. The maximum absolute atomic E-state index is 11.6. The van der Waals surface area contributed by atoms with Crippen molar-refractivity contribution in [1.29, 1.82) is 4.78 Å². The Bertz CT molecular complexity index is 479. The van der Waals surface area contributed by atoms with Gasteiger partial charge in [0.1, 0.15) is 9.92 Å². The van der Waals surface area contributed by atoms with Crippen molar-refractivity contribution in [2.75, 3.05) is 12.8 Å². The summed E-state index contributed by atoms with van der Waals surface area (Å²) in [4.78, 5) is 0. The lowest BCUT2D eigenvalue weighted by Crippen LogP contribution is -2.34. The summed E-state index contributed by atoms with van der Waals surface area (Å²) in [6, 6.07) is 6.38. The van der Waals surface area contributed by atoms with Gasteiger partial charge >= 0.3 is 0 Å². The second-order valence-electron chi connectivity index (χ2n) is 4.19. The van der Waals surface area contributed by atoms with Crippen LogP contribution in [0.2, 0.25) is 0 Å². The molecule has 0 amide bonds. The van der Waals surface area contributed by atoms with Crippen molar-refractivity contribution >= 4 is 9.92 Å². The number of fused-ring (bicyclic) bond motifs is 1. The lowest BCUT2D eigenvalue weighted by Gasteiger charge is -2.28. The minimum atomic E-state index is -2.55. The van der Waals surface area contributed by atoms with Crippen LogP contribution in [-0.4, -0.2) is 21.3 Å². The summed E-state index contributed by atoms with van der Waals surface area (Å²) in [6.07, 6.45) is 2.40. The first-order valence-corrected chi connectivity index (χ1v) is 6.96. The van der Waals surface area contributed by atoms with Crippen LogP contribution in [-0.2, 0) is 22.9 Å². The number of nitrogens with one attached hydrogen (secondary N) is 1. The predicted octanol–water partition coefficient (Wildman–Crippen LogP) is 1.94. The molecule has 2 rings (SSSR count). The molecule has 0 bridgehead atoms. The van der Waals surface area contributed by atoms with Gasteiger partial charge in [-0.15, -0.1) is 0 Å². The minimum absolute atomic E-state index is 0.649. The van der Waals surface area contributed by atoms with Crippen molar-refractivity contribution in [2.45, 2.75) is 19.9 Å². The monoisotopic (exact) mass is 224 g/mol. The maximum Gasteiger partial charge on any atom is 0.105 e. The number of hydrogen-bond donors (Lipinski definition) is 1. The Kier molecular flexibility index (Phi) is 2.56. The Morgan fingerprint density at radius 2 is 2.13 bits per heavy atom. The highest BCUT2D eigenvalue weighted by Crippen LogP contribution is 2.21. The fourth-order valence-corrected chi connectivity index (χ4v) is 2.78. The summed E-state index contributed by atoms with van der Waals surface area (Å²) in [5.41, 5.74) is 3.78. The molecule has 1 unspecified atom stereocenters. The second-order valence-corrected chi connectivity index (χ2v) is 6.31. The van der Waals surface area contributed by atoms with Gasteiger partial charge in [0.05, 0.1) is 0 Å². The van der Waals surface area contributed by atoms with Gasteiger partial charge in [-0.25, -0.2) is 13.3 Å². The second kappa shape index (κ2) is 3.61. The van der Waals surface area contributed by atoms with E-state index in [0.717, 1.165) is 13.0 Å². The Morgan fingerprint density at radius 1 is 1.40 bits per heavy atom. The molecule has 0 saturated carbocycles. The molecule has 0 fully saturated rings. The van der Waals surface area contributed by atoms with E-state index in [-0.39, 0.29) is 0 Å². The third-order valence-corrected chi connectivity index (χ3v) is 4.13. The molecule has 1 aliphatic heterocycles. The number of nitrogens with zero attached hydrogens (tertiary/aromatic N) is 1. The molecule has 82 valence electrons. The van der Waals surface area contributed by atoms with Gasteiger partial charge in [0.2, 0.25) is 0 Å². The quantitative estimate of drug-likeness (QED) is 0.778. The molecule has 0 radical (unpaired) electrons.